The van der Waals surface area contributed by atoms with E-state index in [1.807, 2.05) is 11.8 Å². The highest BCUT2D eigenvalue weighted by Crippen LogP contribution is 2.18. The molecule has 168 valence electrons. The summed E-state index contributed by atoms with van der Waals surface area (Å²) in [6.45, 7) is 5.01. The van der Waals surface area contributed by atoms with Gasteiger partial charge in [0.15, 0.2) is 0 Å². The van der Waals surface area contributed by atoms with Gasteiger partial charge in [0.2, 0.25) is 0 Å². The second-order valence-corrected chi connectivity index (χ2v) is 9.24. The summed E-state index contributed by atoms with van der Waals surface area (Å²) in [5.41, 5.74) is 0.0219. The second kappa shape index (κ2) is 17.0. The molecule has 0 atom stereocenters. The van der Waals surface area contributed by atoms with Crippen LogP contribution in [0, 0.1) is 17.5 Å². The lowest BCUT2D eigenvalue weighted by molar-refractivity contribution is 0.0920. The zero-order chi connectivity index (χ0) is 21.3. The minimum Gasteiger partial charge on any atom is -0.378 e. The van der Waals surface area contributed by atoms with Gasteiger partial charge in [0.05, 0.1) is 12.7 Å². The molecule has 0 amide bonds. The van der Waals surface area contributed by atoms with Gasteiger partial charge in [0.25, 0.3) is 0 Å². The molecule has 1 nitrogen and oxygen atoms in total. The van der Waals surface area contributed by atoms with Crippen molar-refractivity contribution < 1.29 is 17.9 Å². The maximum absolute atomic E-state index is 13.5. The molecule has 0 saturated carbocycles. The Bertz CT molecular complexity index is 514. The number of ether oxygens (including phenoxy) is 1. The van der Waals surface area contributed by atoms with Crippen LogP contribution in [0.15, 0.2) is 12.1 Å². The highest BCUT2D eigenvalue weighted by Gasteiger charge is 2.10. The first-order valence-corrected chi connectivity index (χ1v) is 12.5. The third-order valence-electron chi connectivity index (χ3n) is 5.00. The van der Waals surface area contributed by atoms with Crippen molar-refractivity contribution in [1.82, 2.24) is 0 Å². The molecule has 0 spiro atoms. The van der Waals surface area contributed by atoms with Crippen LogP contribution in [-0.2, 0) is 11.2 Å². The van der Waals surface area contributed by atoms with E-state index < -0.39 is 17.5 Å². The lowest BCUT2D eigenvalue weighted by Gasteiger charge is -2.07. The van der Waals surface area contributed by atoms with Gasteiger partial charge in [0.1, 0.15) is 17.5 Å². The molecule has 0 aromatic heterocycles. The Hall–Kier alpha value is -0.680. The molecule has 0 aliphatic heterocycles. The fourth-order valence-corrected chi connectivity index (χ4v) is 4.18. The van der Waals surface area contributed by atoms with Crippen LogP contribution in [0.4, 0.5) is 13.2 Å². The molecule has 0 N–H and O–H groups in total. The van der Waals surface area contributed by atoms with Crippen molar-refractivity contribution in [2.24, 2.45) is 0 Å². The molecule has 1 aromatic carbocycles. The molecule has 0 aliphatic rings. The summed E-state index contributed by atoms with van der Waals surface area (Å²) < 4.78 is 45.5. The van der Waals surface area contributed by atoms with Gasteiger partial charge in [-0.1, -0.05) is 57.8 Å². The zero-order valence-electron chi connectivity index (χ0n) is 18.3. The number of thioether (sulfide) groups is 1. The summed E-state index contributed by atoms with van der Waals surface area (Å²) in [5.74, 6) is -0.0311. The van der Waals surface area contributed by atoms with E-state index >= 15 is 0 Å². The number of hydrogen-bond donors (Lipinski definition) is 0. The van der Waals surface area contributed by atoms with Crippen LogP contribution in [0.1, 0.15) is 90.0 Å². The van der Waals surface area contributed by atoms with Crippen molar-refractivity contribution in [3.05, 3.63) is 35.1 Å². The Balaban J connectivity index is 1.83. The number of rotatable bonds is 18. The predicted octanol–water partition coefficient (Wildman–Crippen LogP) is 8.10. The van der Waals surface area contributed by atoms with Crippen molar-refractivity contribution in [3.8, 4) is 0 Å². The zero-order valence-corrected chi connectivity index (χ0v) is 19.1. The average molecular weight is 433 g/mol. The first kappa shape index (κ1) is 26.4. The molecule has 1 aromatic rings. The summed E-state index contributed by atoms with van der Waals surface area (Å²) in [6, 6.07) is 1.53. The van der Waals surface area contributed by atoms with E-state index in [9.17, 15) is 13.2 Å². The second-order valence-electron chi connectivity index (χ2n) is 8.02. The lowest BCUT2D eigenvalue weighted by Crippen LogP contribution is -2.05. The van der Waals surface area contributed by atoms with Gasteiger partial charge < -0.3 is 4.74 Å². The highest BCUT2D eigenvalue weighted by molar-refractivity contribution is 7.99. The van der Waals surface area contributed by atoms with Crippen LogP contribution in [0.2, 0.25) is 0 Å². The van der Waals surface area contributed by atoms with E-state index in [2.05, 4.69) is 13.8 Å². The third-order valence-corrected chi connectivity index (χ3v) is 6.03. The first-order valence-electron chi connectivity index (χ1n) is 11.3. The molecule has 0 fully saturated rings. The number of benzene rings is 1. The van der Waals surface area contributed by atoms with E-state index in [-0.39, 0.29) is 5.56 Å². The third kappa shape index (κ3) is 14.0. The lowest BCUT2D eigenvalue weighted by atomic mass is 10.0. The van der Waals surface area contributed by atoms with Crippen molar-refractivity contribution in [1.29, 1.82) is 0 Å². The van der Waals surface area contributed by atoms with Crippen LogP contribution in [0.5, 0.6) is 0 Å². The summed E-state index contributed by atoms with van der Waals surface area (Å²) in [5, 5.41) is 0. The Morgan fingerprint density at radius 2 is 1.21 bits per heavy atom. The van der Waals surface area contributed by atoms with Gasteiger partial charge in [-0.3, -0.25) is 0 Å². The molecule has 29 heavy (non-hydrogen) atoms. The van der Waals surface area contributed by atoms with Crippen LogP contribution < -0.4 is 0 Å². The minimum atomic E-state index is -0.852. The van der Waals surface area contributed by atoms with Crippen LogP contribution in [0.3, 0.4) is 0 Å². The SMILES string of the molecule is CC(C)OCCSCCCCCCCCCCCCCc1c(F)cc(F)cc1F. The molecular weight excluding hydrogens is 393 g/mol. The average Bonchev–Trinajstić information content (AvgIpc) is 2.65. The van der Waals surface area contributed by atoms with E-state index in [0.717, 1.165) is 43.8 Å². The van der Waals surface area contributed by atoms with Gasteiger partial charge in [-0.25, -0.2) is 13.2 Å². The number of unbranched alkanes of at least 4 members (excludes halogenated alkanes) is 10. The van der Waals surface area contributed by atoms with Gasteiger partial charge in [-0.15, -0.1) is 0 Å². The Morgan fingerprint density at radius 3 is 1.72 bits per heavy atom. The molecule has 0 unspecified atom stereocenters. The minimum absolute atomic E-state index is 0.0219. The summed E-state index contributed by atoms with van der Waals surface area (Å²) in [7, 11) is 0. The van der Waals surface area contributed by atoms with Gasteiger partial charge in [-0.2, -0.15) is 11.8 Å². The summed E-state index contributed by atoms with van der Waals surface area (Å²) >= 11 is 1.99. The normalized spacial score (nSPS) is 11.5. The topological polar surface area (TPSA) is 9.23 Å². The fourth-order valence-electron chi connectivity index (χ4n) is 3.35. The number of hydrogen-bond acceptors (Lipinski definition) is 2. The Morgan fingerprint density at radius 1 is 0.724 bits per heavy atom. The molecule has 1 rings (SSSR count). The van der Waals surface area contributed by atoms with Crippen molar-refractivity contribution in [2.45, 2.75) is 97.0 Å². The largest absolute Gasteiger partial charge is 0.378 e. The van der Waals surface area contributed by atoms with Crippen molar-refractivity contribution in [2.75, 3.05) is 18.1 Å². The van der Waals surface area contributed by atoms with Gasteiger partial charge in [0, 0.05) is 23.4 Å². The first-order chi connectivity index (χ1) is 14.0. The predicted molar refractivity (Wildman–Crippen MR) is 119 cm³/mol. The van der Waals surface area contributed by atoms with E-state index in [0.29, 0.717) is 12.5 Å². The maximum Gasteiger partial charge on any atom is 0.132 e. The van der Waals surface area contributed by atoms with Crippen LogP contribution in [-0.4, -0.2) is 24.2 Å². The van der Waals surface area contributed by atoms with Crippen LogP contribution >= 0.6 is 11.8 Å². The van der Waals surface area contributed by atoms with Crippen molar-refractivity contribution >= 4 is 11.8 Å². The molecule has 0 heterocycles. The van der Waals surface area contributed by atoms with Gasteiger partial charge in [-0.05, 0) is 38.9 Å². The quantitative estimate of drug-likeness (QED) is 0.217. The maximum atomic E-state index is 13.5. The molecule has 0 saturated heterocycles. The molecule has 5 heteroatoms. The molecule has 0 aliphatic carbocycles. The monoisotopic (exact) mass is 432 g/mol. The van der Waals surface area contributed by atoms with E-state index in [1.54, 1.807) is 0 Å². The standard InChI is InChI=1S/C24H39F3OS/c1-20(2)28-15-17-29-16-13-11-9-7-5-3-4-6-8-10-12-14-22-23(26)18-21(25)19-24(22)27/h18-20H,3-17H2,1-2H3. The highest BCUT2D eigenvalue weighted by atomic mass is 32.2. The summed E-state index contributed by atoms with van der Waals surface area (Å²) in [6.07, 6.45) is 13.8. The smallest absolute Gasteiger partial charge is 0.132 e. The summed E-state index contributed by atoms with van der Waals surface area (Å²) in [4.78, 5) is 0. The Kier molecular flexibility index (Phi) is 15.5. The molecule has 0 radical (unpaired) electrons. The molecule has 0 bridgehead atoms. The Labute approximate surface area is 180 Å². The number of halogens is 3. The van der Waals surface area contributed by atoms with Crippen molar-refractivity contribution in [3.63, 3.8) is 0 Å². The van der Waals surface area contributed by atoms with E-state index in [1.165, 1.54) is 57.1 Å². The van der Waals surface area contributed by atoms with E-state index in [4.69, 9.17) is 4.74 Å². The van der Waals surface area contributed by atoms with Crippen LogP contribution in [0.25, 0.3) is 0 Å². The van der Waals surface area contributed by atoms with Gasteiger partial charge >= 0.3 is 0 Å². The molecular formula is C24H39F3OS. The fraction of sp³-hybridized carbons (Fsp3) is 0.750.